The van der Waals surface area contributed by atoms with E-state index in [-0.39, 0.29) is 0 Å². The Hall–Kier alpha value is -1.02. The first-order chi connectivity index (χ1) is 9.91. The van der Waals surface area contributed by atoms with Gasteiger partial charge in [0.1, 0.15) is 0 Å². The second-order valence-electron chi connectivity index (χ2n) is 7.64. The molecule has 1 aromatic carbocycles. The molecule has 21 heavy (non-hydrogen) atoms. The Kier molecular flexibility index (Phi) is 5.32. The molecule has 1 atom stereocenters. The first kappa shape index (κ1) is 16.4. The van der Waals surface area contributed by atoms with Crippen molar-refractivity contribution in [1.29, 1.82) is 0 Å². The predicted molar refractivity (Wildman–Crippen MR) is 92.9 cm³/mol. The summed E-state index contributed by atoms with van der Waals surface area (Å²) in [5, 5.41) is 0. The molecule has 118 valence electrons. The maximum atomic E-state index is 5.66. The molecule has 0 saturated carbocycles. The number of aryl methyl sites for hydroxylation is 1. The Labute approximate surface area is 130 Å². The zero-order valence-electron chi connectivity index (χ0n) is 14.3. The van der Waals surface area contributed by atoms with E-state index in [2.05, 4.69) is 50.8 Å². The van der Waals surface area contributed by atoms with Crippen LogP contribution >= 0.6 is 0 Å². The van der Waals surface area contributed by atoms with E-state index in [1.807, 2.05) is 0 Å². The summed E-state index contributed by atoms with van der Waals surface area (Å²) < 4.78 is 0. The van der Waals surface area contributed by atoms with Crippen molar-refractivity contribution in [1.82, 2.24) is 0 Å². The van der Waals surface area contributed by atoms with Crippen LogP contribution in [0.4, 0.5) is 5.69 Å². The lowest BCUT2D eigenvalue weighted by Gasteiger charge is -2.30. The van der Waals surface area contributed by atoms with Gasteiger partial charge in [-0.3, -0.25) is 0 Å². The van der Waals surface area contributed by atoms with Gasteiger partial charge in [0.2, 0.25) is 0 Å². The van der Waals surface area contributed by atoms with Gasteiger partial charge in [-0.2, -0.15) is 0 Å². The molecular formula is C19H32N2. The number of benzene rings is 1. The number of hydrogen-bond acceptors (Lipinski definition) is 2. The number of nitrogens with two attached hydrogens (primary N) is 1. The standard InChI is InChI=1S/C19H32N2/c1-15-14-16(9-11-20)7-8-18(15)21-12-5-6-17(10-13-21)19(2,3)4/h7-8,14,17H,5-6,9-13,20H2,1-4H3. The van der Waals surface area contributed by atoms with E-state index >= 15 is 0 Å². The summed E-state index contributed by atoms with van der Waals surface area (Å²) in [6.07, 6.45) is 4.97. The predicted octanol–water partition coefficient (Wildman–Crippen LogP) is 4.15. The fourth-order valence-corrected chi connectivity index (χ4v) is 3.60. The summed E-state index contributed by atoms with van der Waals surface area (Å²) in [5.74, 6) is 0.847. The minimum absolute atomic E-state index is 0.441. The molecule has 1 heterocycles. The second-order valence-corrected chi connectivity index (χ2v) is 7.64. The van der Waals surface area contributed by atoms with Crippen LogP contribution in [0.25, 0.3) is 0 Å². The van der Waals surface area contributed by atoms with Gasteiger partial charge in [-0.15, -0.1) is 0 Å². The minimum atomic E-state index is 0.441. The van der Waals surface area contributed by atoms with Gasteiger partial charge >= 0.3 is 0 Å². The van der Waals surface area contributed by atoms with Crippen LogP contribution in [0.1, 0.15) is 51.2 Å². The average Bonchev–Trinajstić information content (AvgIpc) is 2.64. The number of hydrogen-bond donors (Lipinski definition) is 1. The molecule has 2 N–H and O–H groups in total. The third kappa shape index (κ3) is 4.23. The van der Waals surface area contributed by atoms with Crippen LogP contribution in [0.5, 0.6) is 0 Å². The molecule has 1 aliphatic heterocycles. The monoisotopic (exact) mass is 288 g/mol. The molecule has 0 aliphatic carbocycles. The lowest BCUT2D eigenvalue weighted by molar-refractivity contribution is 0.220. The van der Waals surface area contributed by atoms with Crippen molar-refractivity contribution in [3.8, 4) is 0 Å². The molecule has 1 aliphatic rings. The van der Waals surface area contributed by atoms with Gasteiger partial charge in [0.25, 0.3) is 0 Å². The largest absolute Gasteiger partial charge is 0.371 e. The topological polar surface area (TPSA) is 29.3 Å². The highest BCUT2D eigenvalue weighted by molar-refractivity contribution is 5.54. The Morgan fingerprint density at radius 2 is 1.95 bits per heavy atom. The number of rotatable bonds is 3. The maximum absolute atomic E-state index is 5.66. The van der Waals surface area contributed by atoms with Crippen LogP contribution in [-0.2, 0) is 6.42 Å². The summed E-state index contributed by atoms with van der Waals surface area (Å²) in [6.45, 7) is 12.5. The van der Waals surface area contributed by atoms with Crippen molar-refractivity contribution in [2.24, 2.45) is 17.1 Å². The van der Waals surface area contributed by atoms with Crippen LogP contribution in [-0.4, -0.2) is 19.6 Å². The molecule has 2 nitrogen and oxygen atoms in total. The van der Waals surface area contributed by atoms with Crippen LogP contribution in [0, 0.1) is 18.3 Å². The third-order valence-corrected chi connectivity index (χ3v) is 4.99. The molecule has 1 unspecified atom stereocenters. The lowest BCUT2D eigenvalue weighted by Crippen LogP contribution is -2.26. The van der Waals surface area contributed by atoms with Gasteiger partial charge in [-0.1, -0.05) is 32.9 Å². The lowest BCUT2D eigenvalue weighted by atomic mass is 9.77. The first-order valence-electron chi connectivity index (χ1n) is 8.46. The van der Waals surface area contributed by atoms with Crippen molar-refractivity contribution in [2.45, 2.75) is 53.4 Å². The zero-order valence-corrected chi connectivity index (χ0v) is 14.3. The van der Waals surface area contributed by atoms with Gasteiger partial charge in [0.15, 0.2) is 0 Å². The van der Waals surface area contributed by atoms with Crippen molar-refractivity contribution < 1.29 is 0 Å². The van der Waals surface area contributed by atoms with Crippen LogP contribution < -0.4 is 10.6 Å². The van der Waals surface area contributed by atoms with E-state index in [1.54, 1.807) is 0 Å². The Balaban J connectivity index is 2.09. The van der Waals surface area contributed by atoms with Gasteiger partial charge in [0.05, 0.1) is 0 Å². The van der Waals surface area contributed by atoms with E-state index in [4.69, 9.17) is 5.73 Å². The summed E-state index contributed by atoms with van der Waals surface area (Å²) in [4.78, 5) is 2.59. The SMILES string of the molecule is Cc1cc(CCN)ccc1N1CCCC(C(C)(C)C)CC1. The Bertz CT molecular complexity index is 459. The fraction of sp³-hybridized carbons (Fsp3) is 0.684. The third-order valence-electron chi connectivity index (χ3n) is 4.99. The van der Waals surface area contributed by atoms with Crippen molar-refractivity contribution >= 4 is 5.69 Å². The number of nitrogens with zero attached hydrogens (tertiary/aromatic N) is 1. The first-order valence-corrected chi connectivity index (χ1v) is 8.46. The minimum Gasteiger partial charge on any atom is -0.371 e. The molecule has 1 aromatic rings. The molecule has 0 aromatic heterocycles. The van der Waals surface area contributed by atoms with E-state index < -0.39 is 0 Å². The molecule has 0 bridgehead atoms. The van der Waals surface area contributed by atoms with Gasteiger partial charge in [0, 0.05) is 18.8 Å². The quantitative estimate of drug-likeness (QED) is 0.905. The molecule has 1 fully saturated rings. The van der Waals surface area contributed by atoms with Crippen LogP contribution in [0.3, 0.4) is 0 Å². The number of anilines is 1. The average molecular weight is 288 g/mol. The van der Waals surface area contributed by atoms with Gasteiger partial charge in [-0.05, 0) is 67.7 Å². The van der Waals surface area contributed by atoms with Gasteiger partial charge in [-0.25, -0.2) is 0 Å². The summed E-state index contributed by atoms with van der Waals surface area (Å²) >= 11 is 0. The van der Waals surface area contributed by atoms with Crippen molar-refractivity contribution in [3.63, 3.8) is 0 Å². The zero-order chi connectivity index (χ0) is 15.5. The van der Waals surface area contributed by atoms with E-state index in [1.165, 1.54) is 49.2 Å². The Morgan fingerprint density at radius 1 is 1.19 bits per heavy atom. The molecule has 1 saturated heterocycles. The van der Waals surface area contributed by atoms with E-state index in [9.17, 15) is 0 Å². The normalized spacial score (nSPS) is 20.4. The van der Waals surface area contributed by atoms with Crippen molar-refractivity contribution in [2.75, 3.05) is 24.5 Å². The van der Waals surface area contributed by atoms with Crippen LogP contribution in [0.2, 0.25) is 0 Å². The van der Waals surface area contributed by atoms with Crippen LogP contribution in [0.15, 0.2) is 18.2 Å². The van der Waals surface area contributed by atoms with Crippen molar-refractivity contribution in [3.05, 3.63) is 29.3 Å². The van der Waals surface area contributed by atoms with Gasteiger partial charge < -0.3 is 10.6 Å². The highest BCUT2D eigenvalue weighted by Crippen LogP contribution is 2.35. The molecule has 0 spiro atoms. The van der Waals surface area contributed by atoms with E-state index in [0.29, 0.717) is 5.41 Å². The summed E-state index contributed by atoms with van der Waals surface area (Å²) in [7, 11) is 0. The maximum Gasteiger partial charge on any atom is 0.0396 e. The highest BCUT2D eigenvalue weighted by Gasteiger charge is 2.27. The molecule has 2 heteroatoms. The second kappa shape index (κ2) is 6.83. The molecule has 0 radical (unpaired) electrons. The highest BCUT2D eigenvalue weighted by atomic mass is 15.1. The summed E-state index contributed by atoms with van der Waals surface area (Å²) in [5.41, 5.74) is 10.3. The fourth-order valence-electron chi connectivity index (χ4n) is 3.60. The molecular weight excluding hydrogens is 256 g/mol. The smallest absolute Gasteiger partial charge is 0.0396 e. The molecule has 0 amide bonds. The summed E-state index contributed by atoms with van der Waals surface area (Å²) in [6, 6.07) is 6.87. The van der Waals surface area contributed by atoms with E-state index in [0.717, 1.165) is 18.9 Å². The molecule has 2 rings (SSSR count). The Morgan fingerprint density at radius 3 is 2.57 bits per heavy atom.